The lowest BCUT2D eigenvalue weighted by atomic mass is 10.2. The van der Waals surface area contributed by atoms with Crippen molar-refractivity contribution in [2.24, 2.45) is 0 Å². The highest BCUT2D eigenvalue weighted by atomic mass is 16.7. The average molecular weight is 534 g/mol. The molecule has 0 bridgehead atoms. The van der Waals surface area contributed by atoms with E-state index in [0.29, 0.717) is 37.4 Å². The van der Waals surface area contributed by atoms with Gasteiger partial charge in [-0.3, -0.25) is 15.0 Å². The minimum Gasteiger partial charge on any atom is -0.466 e. The minimum absolute atomic E-state index is 0.0566. The number of amidine groups is 1. The van der Waals surface area contributed by atoms with E-state index in [1.807, 2.05) is 25.9 Å². The highest BCUT2D eigenvalue weighted by Crippen LogP contribution is 2.22. The molecule has 13 nitrogen and oxygen atoms in total. The Bertz CT molecular complexity index is 969. The van der Waals surface area contributed by atoms with Crippen LogP contribution < -0.4 is 21.0 Å². The molecule has 13 heteroatoms. The summed E-state index contributed by atoms with van der Waals surface area (Å²) in [5, 5.41) is 13.3. The maximum absolute atomic E-state index is 12.8. The molecule has 2 rings (SSSR count). The molecule has 0 saturated carbocycles. The molecule has 4 N–H and O–H groups in total. The zero-order chi connectivity index (χ0) is 28.1. The van der Waals surface area contributed by atoms with Gasteiger partial charge in [-0.1, -0.05) is 6.92 Å². The summed E-state index contributed by atoms with van der Waals surface area (Å²) in [4.78, 5) is 58.5. The van der Waals surface area contributed by atoms with Gasteiger partial charge in [0.2, 0.25) is 5.91 Å². The van der Waals surface area contributed by atoms with Gasteiger partial charge in [0.05, 0.1) is 13.0 Å². The molecule has 1 aromatic carbocycles. The van der Waals surface area contributed by atoms with Gasteiger partial charge in [-0.2, -0.15) is 5.48 Å². The normalized spacial score (nSPS) is 14.7. The van der Waals surface area contributed by atoms with E-state index in [1.54, 1.807) is 36.2 Å². The SMILES string of the molecule is CCCOC(=O)CCNC(=O)N[C@H]1CCN(c2ccc(C(=N)NOC(=O)N(C)CCCN(C)C)cc2)C1=O. The van der Waals surface area contributed by atoms with Gasteiger partial charge < -0.3 is 34.9 Å². The van der Waals surface area contributed by atoms with Crippen molar-refractivity contribution in [2.75, 3.05) is 58.8 Å². The van der Waals surface area contributed by atoms with Crippen molar-refractivity contribution in [3.63, 3.8) is 0 Å². The van der Waals surface area contributed by atoms with Gasteiger partial charge in [0.15, 0.2) is 5.84 Å². The molecule has 1 heterocycles. The largest absolute Gasteiger partial charge is 0.466 e. The monoisotopic (exact) mass is 533 g/mol. The molecule has 0 aromatic heterocycles. The smallest absolute Gasteiger partial charge is 0.433 e. The number of carbonyl (C=O) groups excluding carboxylic acids is 4. The Hall–Kier alpha value is -3.87. The summed E-state index contributed by atoms with van der Waals surface area (Å²) in [5.74, 6) is -0.744. The van der Waals surface area contributed by atoms with Gasteiger partial charge in [-0.05, 0) is 64.2 Å². The van der Waals surface area contributed by atoms with Gasteiger partial charge in [0.25, 0.3) is 0 Å². The van der Waals surface area contributed by atoms with E-state index >= 15 is 0 Å². The molecule has 4 amide bonds. The summed E-state index contributed by atoms with van der Waals surface area (Å²) in [5.41, 5.74) is 3.44. The molecule has 1 atom stereocenters. The van der Waals surface area contributed by atoms with E-state index in [4.69, 9.17) is 15.0 Å². The van der Waals surface area contributed by atoms with Gasteiger partial charge in [-0.25, -0.2) is 9.59 Å². The molecule has 1 aliphatic rings. The van der Waals surface area contributed by atoms with Crippen molar-refractivity contribution < 1.29 is 28.8 Å². The number of nitrogens with one attached hydrogen (secondary N) is 4. The van der Waals surface area contributed by atoms with Crippen LogP contribution in [0.5, 0.6) is 0 Å². The van der Waals surface area contributed by atoms with Crippen LogP contribution in [0.15, 0.2) is 24.3 Å². The number of amides is 4. The first kappa shape index (κ1) is 30.4. The molecular weight excluding hydrogens is 494 g/mol. The Balaban J connectivity index is 1.77. The minimum atomic E-state index is -0.684. The number of urea groups is 1. The Morgan fingerprint density at radius 3 is 2.50 bits per heavy atom. The highest BCUT2D eigenvalue weighted by molar-refractivity contribution is 6.02. The van der Waals surface area contributed by atoms with Crippen LogP contribution in [0.1, 0.15) is 38.2 Å². The maximum atomic E-state index is 12.8. The van der Waals surface area contributed by atoms with E-state index in [0.717, 1.165) is 19.4 Å². The molecule has 210 valence electrons. The van der Waals surface area contributed by atoms with Crippen LogP contribution in [-0.4, -0.2) is 99.6 Å². The standard InChI is InChI=1S/C25H39N7O6/c1-5-17-37-21(33)11-13-27-24(35)28-20-12-16-32(23(20)34)19-9-7-18(8-10-19)22(26)29-38-25(36)31(4)15-6-14-30(2)3/h7-10,20H,5-6,11-17H2,1-4H3,(H2,26,29)(H2,27,28,35)/t20-/m0/s1. The summed E-state index contributed by atoms with van der Waals surface area (Å²) in [6.45, 7) is 4.14. The van der Waals surface area contributed by atoms with Crippen LogP contribution in [0.25, 0.3) is 0 Å². The molecule has 1 aliphatic heterocycles. The van der Waals surface area contributed by atoms with E-state index in [-0.39, 0.29) is 30.7 Å². The number of carbonyl (C=O) groups is 4. The summed E-state index contributed by atoms with van der Waals surface area (Å²) in [6, 6.07) is 5.43. The number of hydrogen-bond donors (Lipinski definition) is 4. The fourth-order valence-electron chi connectivity index (χ4n) is 3.60. The van der Waals surface area contributed by atoms with Crippen LogP contribution in [0.2, 0.25) is 0 Å². The Labute approximate surface area is 223 Å². The topological polar surface area (TPSA) is 156 Å². The van der Waals surface area contributed by atoms with Crippen LogP contribution in [0, 0.1) is 5.41 Å². The van der Waals surface area contributed by atoms with E-state index in [9.17, 15) is 19.2 Å². The number of anilines is 1. The van der Waals surface area contributed by atoms with Crippen LogP contribution in [0.3, 0.4) is 0 Å². The summed E-state index contributed by atoms with van der Waals surface area (Å²) in [6.07, 6.45) is 1.42. The van der Waals surface area contributed by atoms with Crippen LogP contribution in [0.4, 0.5) is 15.3 Å². The fraction of sp³-hybridized carbons (Fsp3) is 0.560. The molecule has 38 heavy (non-hydrogen) atoms. The van der Waals surface area contributed by atoms with Crippen molar-refractivity contribution in [1.29, 1.82) is 5.41 Å². The summed E-state index contributed by atoms with van der Waals surface area (Å²) in [7, 11) is 5.54. The quantitative estimate of drug-likeness (QED) is 0.136. The number of hydrogen-bond acceptors (Lipinski definition) is 8. The van der Waals surface area contributed by atoms with Crippen LogP contribution in [-0.2, 0) is 19.2 Å². The summed E-state index contributed by atoms with van der Waals surface area (Å²) < 4.78 is 4.95. The van der Waals surface area contributed by atoms with Crippen LogP contribution >= 0.6 is 0 Å². The molecule has 1 saturated heterocycles. The number of ether oxygens (including phenoxy) is 1. The maximum Gasteiger partial charge on any atom is 0.433 e. The first-order valence-electron chi connectivity index (χ1n) is 12.6. The molecule has 1 fully saturated rings. The predicted octanol–water partition coefficient (Wildman–Crippen LogP) is 1.28. The number of rotatable bonds is 12. The fourth-order valence-corrected chi connectivity index (χ4v) is 3.60. The number of nitrogens with zero attached hydrogens (tertiary/aromatic N) is 3. The second kappa shape index (κ2) is 15.4. The van der Waals surface area contributed by atoms with Crippen molar-refractivity contribution in [1.82, 2.24) is 25.9 Å². The lowest BCUT2D eigenvalue weighted by Crippen LogP contribution is -2.46. The molecule has 0 unspecified atom stereocenters. The molecule has 0 spiro atoms. The first-order chi connectivity index (χ1) is 18.1. The van der Waals surface area contributed by atoms with Gasteiger partial charge in [0, 0.05) is 37.9 Å². The first-order valence-corrected chi connectivity index (χ1v) is 12.6. The third-order valence-corrected chi connectivity index (χ3v) is 5.71. The van der Waals surface area contributed by atoms with Gasteiger partial charge >= 0.3 is 18.1 Å². The average Bonchev–Trinajstić information content (AvgIpc) is 3.25. The number of hydroxylamine groups is 1. The molecule has 1 aromatic rings. The van der Waals surface area contributed by atoms with Gasteiger partial charge in [-0.15, -0.1) is 0 Å². The lowest BCUT2D eigenvalue weighted by molar-refractivity contribution is -0.143. The molecular formula is C25H39N7O6. The highest BCUT2D eigenvalue weighted by Gasteiger charge is 2.33. The number of esters is 1. The predicted molar refractivity (Wildman–Crippen MR) is 142 cm³/mol. The third-order valence-electron chi connectivity index (χ3n) is 5.71. The Kier molecular flexibility index (Phi) is 12.3. The Morgan fingerprint density at radius 1 is 1.13 bits per heavy atom. The summed E-state index contributed by atoms with van der Waals surface area (Å²) >= 11 is 0. The number of benzene rings is 1. The molecule has 0 radical (unpaired) electrons. The zero-order valence-corrected chi connectivity index (χ0v) is 22.5. The lowest BCUT2D eigenvalue weighted by Gasteiger charge is -2.19. The zero-order valence-electron chi connectivity index (χ0n) is 22.5. The Morgan fingerprint density at radius 2 is 1.84 bits per heavy atom. The van der Waals surface area contributed by atoms with E-state index in [1.165, 1.54) is 4.90 Å². The van der Waals surface area contributed by atoms with Crippen molar-refractivity contribution >= 4 is 35.5 Å². The third kappa shape index (κ3) is 9.88. The van der Waals surface area contributed by atoms with Crippen molar-refractivity contribution in [3.8, 4) is 0 Å². The second-order valence-corrected chi connectivity index (χ2v) is 9.17. The van der Waals surface area contributed by atoms with Crippen molar-refractivity contribution in [2.45, 2.75) is 38.6 Å². The molecule has 0 aliphatic carbocycles. The van der Waals surface area contributed by atoms with E-state index < -0.39 is 18.2 Å². The van der Waals surface area contributed by atoms with Crippen molar-refractivity contribution in [3.05, 3.63) is 29.8 Å². The van der Waals surface area contributed by atoms with Gasteiger partial charge in [0.1, 0.15) is 6.04 Å². The second-order valence-electron chi connectivity index (χ2n) is 9.17. The van der Waals surface area contributed by atoms with E-state index in [2.05, 4.69) is 16.1 Å².